The Morgan fingerprint density at radius 1 is 1.22 bits per heavy atom. The van der Waals surface area contributed by atoms with E-state index in [4.69, 9.17) is 16.7 Å². The van der Waals surface area contributed by atoms with Crippen LogP contribution in [0.2, 0.25) is 5.15 Å². The quantitative estimate of drug-likeness (QED) is 0.850. The molecule has 92 valence electrons. The van der Waals surface area contributed by atoms with Gasteiger partial charge < -0.3 is 5.11 Å². The van der Waals surface area contributed by atoms with Gasteiger partial charge in [0.15, 0.2) is 11.6 Å². The molecule has 0 aliphatic carbocycles. The van der Waals surface area contributed by atoms with E-state index in [1.807, 2.05) is 0 Å². The first kappa shape index (κ1) is 12.4. The van der Waals surface area contributed by atoms with E-state index in [0.29, 0.717) is 0 Å². The van der Waals surface area contributed by atoms with E-state index in [0.717, 1.165) is 12.1 Å². The number of carboxylic acids is 1. The van der Waals surface area contributed by atoms with Gasteiger partial charge in [0.1, 0.15) is 10.7 Å². The molecule has 0 atom stereocenters. The molecule has 1 N–H and O–H groups in total. The Balaban J connectivity index is 2.67. The Labute approximate surface area is 106 Å². The van der Waals surface area contributed by atoms with Gasteiger partial charge in [-0.2, -0.15) is 0 Å². The molecule has 1 aromatic carbocycles. The first-order valence-corrected chi connectivity index (χ1v) is 5.21. The highest BCUT2D eigenvalue weighted by Crippen LogP contribution is 2.28. The van der Waals surface area contributed by atoms with Gasteiger partial charge in [-0.3, -0.25) is 0 Å². The molecule has 2 rings (SSSR count). The number of pyridine rings is 1. The largest absolute Gasteiger partial charge is 0.478 e. The molecule has 0 saturated heterocycles. The molecule has 3 nitrogen and oxygen atoms in total. The number of hydrogen-bond acceptors (Lipinski definition) is 2. The van der Waals surface area contributed by atoms with Crippen molar-refractivity contribution in [3.05, 3.63) is 52.8 Å². The maximum absolute atomic E-state index is 13.1. The third-order valence-electron chi connectivity index (χ3n) is 2.35. The Morgan fingerprint density at radius 2 is 1.94 bits per heavy atom. The minimum Gasteiger partial charge on any atom is -0.478 e. The van der Waals surface area contributed by atoms with Crippen LogP contribution in [0.3, 0.4) is 0 Å². The highest BCUT2D eigenvalue weighted by molar-refractivity contribution is 6.33. The van der Waals surface area contributed by atoms with Gasteiger partial charge >= 0.3 is 5.97 Å². The van der Waals surface area contributed by atoms with Crippen LogP contribution < -0.4 is 0 Å². The van der Waals surface area contributed by atoms with Crippen molar-refractivity contribution in [3.63, 3.8) is 0 Å². The molecule has 0 radical (unpaired) electrons. The van der Waals surface area contributed by atoms with Gasteiger partial charge in [-0.15, -0.1) is 0 Å². The summed E-state index contributed by atoms with van der Waals surface area (Å²) in [6.07, 6.45) is 1.30. The Morgan fingerprint density at radius 3 is 2.56 bits per heavy atom. The van der Waals surface area contributed by atoms with Crippen molar-refractivity contribution in [3.8, 4) is 11.1 Å². The van der Waals surface area contributed by atoms with Crippen LogP contribution in [-0.4, -0.2) is 16.1 Å². The van der Waals surface area contributed by atoms with Gasteiger partial charge in [0.05, 0.1) is 0 Å². The highest BCUT2D eigenvalue weighted by Gasteiger charge is 2.17. The van der Waals surface area contributed by atoms with Crippen molar-refractivity contribution < 1.29 is 18.7 Å². The van der Waals surface area contributed by atoms with Crippen LogP contribution in [0.1, 0.15) is 10.4 Å². The van der Waals surface area contributed by atoms with E-state index >= 15 is 0 Å². The number of aromatic carboxylic acids is 1. The standard InChI is InChI=1S/C12H6ClF2NO2/c13-11-10(12(17)18)7(3-4-16-11)6-1-2-8(14)9(15)5-6/h1-5H,(H,17,18). The molecular weight excluding hydrogens is 264 g/mol. The van der Waals surface area contributed by atoms with Crippen LogP contribution in [0, 0.1) is 11.6 Å². The molecule has 0 aliphatic rings. The maximum Gasteiger partial charge on any atom is 0.339 e. The van der Waals surface area contributed by atoms with Crippen LogP contribution in [0.25, 0.3) is 11.1 Å². The highest BCUT2D eigenvalue weighted by atomic mass is 35.5. The summed E-state index contributed by atoms with van der Waals surface area (Å²) < 4.78 is 26.0. The SMILES string of the molecule is O=C(O)c1c(-c2ccc(F)c(F)c2)ccnc1Cl. The second-order valence-electron chi connectivity index (χ2n) is 3.46. The summed E-state index contributed by atoms with van der Waals surface area (Å²) in [4.78, 5) is 14.7. The summed E-state index contributed by atoms with van der Waals surface area (Å²) in [6, 6.07) is 4.48. The summed E-state index contributed by atoms with van der Waals surface area (Å²) in [5.74, 6) is -3.35. The van der Waals surface area contributed by atoms with E-state index < -0.39 is 17.6 Å². The van der Waals surface area contributed by atoms with Crippen molar-refractivity contribution in [2.75, 3.05) is 0 Å². The minimum atomic E-state index is -1.28. The lowest BCUT2D eigenvalue weighted by atomic mass is 10.0. The van der Waals surface area contributed by atoms with Gasteiger partial charge in [-0.1, -0.05) is 17.7 Å². The number of aromatic nitrogens is 1. The number of nitrogens with zero attached hydrogens (tertiary/aromatic N) is 1. The van der Waals surface area contributed by atoms with E-state index in [9.17, 15) is 13.6 Å². The molecule has 0 aliphatic heterocycles. The topological polar surface area (TPSA) is 50.2 Å². The fraction of sp³-hybridized carbons (Fsp3) is 0. The summed E-state index contributed by atoms with van der Waals surface area (Å²) in [5.41, 5.74) is 0.155. The average molecular weight is 270 g/mol. The zero-order valence-electron chi connectivity index (χ0n) is 8.82. The maximum atomic E-state index is 13.1. The van der Waals surface area contributed by atoms with Crippen molar-refractivity contribution in [1.82, 2.24) is 4.98 Å². The third kappa shape index (κ3) is 2.17. The van der Waals surface area contributed by atoms with Crippen LogP contribution in [0.5, 0.6) is 0 Å². The molecule has 1 aromatic heterocycles. The first-order valence-electron chi connectivity index (χ1n) is 4.84. The normalized spacial score (nSPS) is 10.4. The van der Waals surface area contributed by atoms with E-state index in [1.54, 1.807) is 0 Å². The predicted molar refractivity (Wildman–Crippen MR) is 61.6 cm³/mol. The third-order valence-corrected chi connectivity index (χ3v) is 2.64. The van der Waals surface area contributed by atoms with E-state index in [2.05, 4.69) is 4.98 Å². The Hall–Kier alpha value is -2.01. The second kappa shape index (κ2) is 4.70. The minimum absolute atomic E-state index is 0.182. The first-order chi connectivity index (χ1) is 8.50. The molecule has 0 spiro atoms. The summed E-state index contributed by atoms with van der Waals surface area (Å²) in [7, 11) is 0. The van der Waals surface area contributed by atoms with Crippen LogP contribution in [0.15, 0.2) is 30.5 Å². The lowest BCUT2D eigenvalue weighted by Gasteiger charge is -2.07. The van der Waals surface area contributed by atoms with Crippen molar-refractivity contribution in [1.29, 1.82) is 0 Å². The monoisotopic (exact) mass is 269 g/mol. The number of carboxylic acid groups (broad SMARTS) is 1. The van der Waals surface area contributed by atoms with Crippen molar-refractivity contribution in [2.24, 2.45) is 0 Å². The predicted octanol–water partition coefficient (Wildman–Crippen LogP) is 3.38. The summed E-state index contributed by atoms with van der Waals surface area (Å²) in [5, 5.41) is 8.84. The number of hydrogen-bond donors (Lipinski definition) is 1. The number of halogens is 3. The number of benzene rings is 1. The van der Waals surface area contributed by atoms with Crippen LogP contribution in [-0.2, 0) is 0 Å². The molecular formula is C12H6ClF2NO2. The summed E-state index contributed by atoms with van der Waals surface area (Å²) >= 11 is 5.69. The smallest absolute Gasteiger partial charge is 0.339 e. The van der Waals surface area contributed by atoms with E-state index in [-0.39, 0.29) is 21.8 Å². The van der Waals surface area contributed by atoms with Gasteiger partial charge in [0, 0.05) is 11.8 Å². The van der Waals surface area contributed by atoms with Gasteiger partial charge in [-0.05, 0) is 23.8 Å². The molecule has 0 unspecified atom stereocenters. The fourth-order valence-electron chi connectivity index (χ4n) is 1.54. The molecule has 2 aromatic rings. The molecule has 18 heavy (non-hydrogen) atoms. The van der Waals surface area contributed by atoms with Crippen LogP contribution >= 0.6 is 11.6 Å². The average Bonchev–Trinajstić information content (AvgIpc) is 2.32. The van der Waals surface area contributed by atoms with Gasteiger partial charge in [-0.25, -0.2) is 18.6 Å². The zero-order chi connectivity index (χ0) is 13.3. The fourth-order valence-corrected chi connectivity index (χ4v) is 1.78. The number of rotatable bonds is 2. The molecule has 0 bridgehead atoms. The molecule has 1 heterocycles. The van der Waals surface area contributed by atoms with E-state index in [1.165, 1.54) is 18.3 Å². The lowest BCUT2D eigenvalue weighted by molar-refractivity contribution is 0.0697. The lowest BCUT2D eigenvalue weighted by Crippen LogP contribution is -2.02. The van der Waals surface area contributed by atoms with Gasteiger partial charge in [0.25, 0.3) is 0 Å². The Kier molecular flexibility index (Phi) is 3.25. The van der Waals surface area contributed by atoms with Crippen molar-refractivity contribution >= 4 is 17.6 Å². The Bertz CT molecular complexity index is 631. The molecule has 0 amide bonds. The van der Waals surface area contributed by atoms with Crippen LogP contribution in [0.4, 0.5) is 8.78 Å². The molecule has 0 saturated carbocycles. The van der Waals surface area contributed by atoms with Crippen molar-refractivity contribution in [2.45, 2.75) is 0 Å². The second-order valence-corrected chi connectivity index (χ2v) is 3.82. The molecule has 6 heteroatoms. The zero-order valence-corrected chi connectivity index (χ0v) is 9.58. The van der Waals surface area contributed by atoms with Gasteiger partial charge in [0.2, 0.25) is 0 Å². The molecule has 0 fully saturated rings. The number of carbonyl (C=O) groups is 1. The summed E-state index contributed by atoms with van der Waals surface area (Å²) in [6.45, 7) is 0.